The van der Waals surface area contributed by atoms with E-state index in [0.29, 0.717) is 0 Å². The van der Waals surface area contributed by atoms with Crippen molar-refractivity contribution in [3.8, 4) is 0 Å². The Morgan fingerprint density at radius 3 is 2.79 bits per heavy atom. The molecule has 1 aromatic carbocycles. The van der Waals surface area contributed by atoms with Crippen molar-refractivity contribution in [2.45, 2.75) is 6.54 Å². The molecule has 0 bridgehead atoms. The molecule has 0 fully saturated rings. The van der Waals surface area contributed by atoms with Crippen molar-refractivity contribution < 1.29 is 14.7 Å². The van der Waals surface area contributed by atoms with E-state index in [9.17, 15) is 9.59 Å². The Labute approximate surface area is 108 Å². The van der Waals surface area contributed by atoms with Crippen LogP contribution in [0.15, 0.2) is 36.7 Å². The summed E-state index contributed by atoms with van der Waals surface area (Å²) in [6, 6.07) is 6.78. The van der Waals surface area contributed by atoms with E-state index in [1.54, 1.807) is 35.2 Å². The zero-order valence-electron chi connectivity index (χ0n) is 9.91. The van der Waals surface area contributed by atoms with Gasteiger partial charge in [-0.15, -0.1) is 0 Å². The van der Waals surface area contributed by atoms with Gasteiger partial charge in [0, 0.05) is 17.0 Å². The molecule has 1 N–H and O–H groups in total. The third kappa shape index (κ3) is 1.67. The maximum Gasteiger partial charge on any atom is 0.335 e. The number of carbonyl (C=O) groups excluding carboxylic acids is 1. The van der Waals surface area contributed by atoms with E-state index in [4.69, 9.17) is 5.11 Å². The number of aromatic carboxylic acids is 1. The average Bonchev–Trinajstić information content (AvgIpc) is 2.74. The summed E-state index contributed by atoms with van der Waals surface area (Å²) in [7, 11) is 0. The van der Waals surface area contributed by atoms with Crippen molar-refractivity contribution >= 4 is 34.1 Å². The van der Waals surface area contributed by atoms with Gasteiger partial charge in [-0.05, 0) is 18.2 Å². The molecule has 0 unspecified atom stereocenters. The third-order valence-corrected chi connectivity index (χ3v) is 3.17. The molecule has 2 heterocycles. The van der Waals surface area contributed by atoms with Gasteiger partial charge in [0.25, 0.3) is 0 Å². The number of fused-ring (bicyclic) bond motifs is 3. The lowest BCUT2D eigenvalue weighted by molar-refractivity contribution is -0.108. The van der Waals surface area contributed by atoms with Crippen LogP contribution in [-0.2, 0) is 11.3 Å². The number of aldehydes is 1. The Bertz CT molecular complexity index is 805. The van der Waals surface area contributed by atoms with Crippen LogP contribution in [0.5, 0.6) is 0 Å². The summed E-state index contributed by atoms with van der Waals surface area (Å²) < 4.78 is 1.77. The topological polar surface area (TPSA) is 72.2 Å². The van der Waals surface area contributed by atoms with Crippen molar-refractivity contribution in [3.05, 3.63) is 42.2 Å². The van der Waals surface area contributed by atoms with Crippen LogP contribution < -0.4 is 0 Å². The maximum atomic E-state index is 11.0. The summed E-state index contributed by atoms with van der Waals surface area (Å²) in [4.78, 5) is 25.9. The molecule has 0 saturated carbocycles. The molecule has 2 aromatic heterocycles. The number of pyridine rings is 1. The van der Waals surface area contributed by atoms with Gasteiger partial charge in [0.15, 0.2) is 0 Å². The minimum absolute atomic E-state index is 0.175. The number of benzene rings is 1. The van der Waals surface area contributed by atoms with Crippen molar-refractivity contribution in [2.24, 2.45) is 0 Å². The zero-order chi connectivity index (χ0) is 13.4. The van der Waals surface area contributed by atoms with Crippen molar-refractivity contribution in [2.75, 3.05) is 0 Å². The minimum Gasteiger partial charge on any atom is -0.478 e. The lowest BCUT2D eigenvalue weighted by atomic mass is 10.1. The molecule has 5 nitrogen and oxygen atoms in total. The second-order valence-corrected chi connectivity index (χ2v) is 4.21. The van der Waals surface area contributed by atoms with Crippen LogP contribution in [0.3, 0.4) is 0 Å². The molecule has 3 aromatic rings. The zero-order valence-corrected chi connectivity index (χ0v) is 9.91. The molecule has 5 heteroatoms. The normalized spacial score (nSPS) is 10.9. The third-order valence-electron chi connectivity index (χ3n) is 3.17. The van der Waals surface area contributed by atoms with Gasteiger partial charge >= 0.3 is 5.97 Å². The molecular formula is C14H10N2O3. The van der Waals surface area contributed by atoms with Crippen LogP contribution in [0.25, 0.3) is 21.8 Å². The molecule has 0 spiro atoms. The van der Waals surface area contributed by atoms with Gasteiger partial charge in [0.05, 0.1) is 29.3 Å². The molecule has 19 heavy (non-hydrogen) atoms. The summed E-state index contributed by atoms with van der Waals surface area (Å²) in [5, 5.41) is 10.9. The Morgan fingerprint density at radius 1 is 1.26 bits per heavy atom. The Kier molecular flexibility index (Phi) is 2.52. The highest BCUT2D eigenvalue weighted by molar-refractivity contribution is 6.09. The SMILES string of the molecule is O=CCn1c2cnccc2c2ccc(C(=O)O)cc21. The van der Waals surface area contributed by atoms with Crippen LogP contribution in [0.4, 0.5) is 0 Å². The van der Waals surface area contributed by atoms with E-state index in [-0.39, 0.29) is 12.1 Å². The van der Waals surface area contributed by atoms with Gasteiger partial charge in [0.1, 0.15) is 6.29 Å². The summed E-state index contributed by atoms with van der Waals surface area (Å²) in [5.41, 5.74) is 1.76. The van der Waals surface area contributed by atoms with Crippen molar-refractivity contribution in [1.29, 1.82) is 0 Å². The lowest BCUT2D eigenvalue weighted by Gasteiger charge is -2.02. The molecule has 0 atom stereocenters. The van der Waals surface area contributed by atoms with E-state index >= 15 is 0 Å². The fourth-order valence-corrected chi connectivity index (χ4v) is 2.35. The lowest BCUT2D eigenvalue weighted by Crippen LogP contribution is -2.00. The predicted octanol–water partition coefficient (Wildman–Crippen LogP) is 2.09. The molecule has 0 aliphatic carbocycles. The molecular weight excluding hydrogens is 244 g/mol. The maximum absolute atomic E-state index is 11.0. The minimum atomic E-state index is -0.983. The smallest absolute Gasteiger partial charge is 0.335 e. The van der Waals surface area contributed by atoms with Gasteiger partial charge in [-0.3, -0.25) is 4.98 Å². The fourth-order valence-electron chi connectivity index (χ4n) is 2.35. The molecule has 94 valence electrons. The fraction of sp³-hybridized carbons (Fsp3) is 0.0714. The first-order chi connectivity index (χ1) is 9.22. The molecule has 0 aliphatic rings. The number of aromatic nitrogens is 2. The van der Waals surface area contributed by atoms with Gasteiger partial charge in [-0.25, -0.2) is 4.79 Å². The monoisotopic (exact) mass is 254 g/mol. The summed E-state index contributed by atoms with van der Waals surface area (Å²) in [6.07, 6.45) is 4.15. The summed E-state index contributed by atoms with van der Waals surface area (Å²) >= 11 is 0. The van der Waals surface area contributed by atoms with Gasteiger partial charge in [-0.1, -0.05) is 6.07 Å². The first-order valence-corrected chi connectivity index (χ1v) is 5.75. The van der Waals surface area contributed by atoms with Gasteiger partial charge < -0.3 is 14.5 Å². The second kappa shape index (κ2) is 4.20. The number of rotatable bonds is 3. The first-order valence-electron chi connectivity index (χ1n) is 5.75. The highest BCUT2D eigenvalue weighted by atomic mass is 16.4. The van der Waals surface area contributed by atoms with E-state index in [1.165, 1.54) is 0 Å². The largest absolute Gasteiger partial charge is 0.478 e. The van der Waals surface area contributed by atoms with E-state index in [0.717, 1.165) is 28.1 Å². The van der Waals surface area contributed by atoms with Crippen LogP contribution >= 0.6 is 0 Å². The van der Waals surface area contributed by atoms with Crippen LogP contribution in [0.2, 0.25) is 0 Å². The molecule has 0 radical (unpaired) electrons. The van der Waals surface area contributed by atoms with Crippen LogP contribution in [-0.4, -0.2) is 26.9 Å². The number of hydrogen-bond acceptors (Lipinski definition) is 3. The van der Waals surface area contributed by atoms with Gasteiger partial charge in [0.2, 0.25) is 0 Å². The number of carboxylic acids is 1. The van der Waals surface area contributed by atoms with Crippen LogP contribution in [0, 0.1) is 0 Å². The summed E-state index contributed by atoms with van der Waals surface area (Å²) in [6.45, 7) is 0.175. The Hall–Kier alpha value is -2.69. The van der Waals surface area contributed by atoms with E-state index in [1.807, 2.05) is 6.07 Å². The standard InChI is InChI=1S/C14H10N2O3/c17-6-5-16-12-7-9(14(18)19)1-2-10(12)11-3-4-15-8-13(11)16/h1-4,6-8H,5H2,(H,18,19). The number of carboxylic acid groups (broad SMARTS) is 1. The van der Waals surface area contributed by atoms with Gasteiger partial charge in [-0.2, -0.15) is 0 Å². The molecule has 0 aliphatic heterocycles. The summed E-state index contributed by atoms with van der Waals surface area (Å²) in [5.74, 6) is -0.983. The van der Waals surface area contributed by atoms with Crippen molar-refractivity contribution in [3.63, 3.8) is 0 Å². The molecule has 0 saturated heterocycles. The molecule has 0 amide bonds. The quantitative estimate of drug-likeness (QED) is 0.726. The predicted molar refractivity (Wildman–Crippen MR) is 70.3 cm³/mol. The van der Waals surface area contributed by atoms with Crippen LogP contribution in [0.1, 0.15) is 10.4 Å². The average molecular weight is 254 g/mol. The number of hydrogen-bond donors (Lipinski definition) is 1. The Balaban J connectivity index is 2.45. The van der Waals surface area contributed by atoms with E-state index in [2.05, 4.69) is 4.98 Å². The first kappa shape index (κ1) is 11.4. The number of carbonyl (C=O) groups is 2. The second-order valence-electron chi connectivity index (χ2n) is 4.21. The highest BCUT2D eigenvalue weighted by Crippen LogP contribution is 2.28. The highest BCUT2D eigenvalue weighted by Gasteiger charge is 2.12. The number of nitrogens with zero attached hydrogens (tertiary/aromatic N) is 2. The van der Waals surface area contributed by atoms with E-state index < -0.39 is 5.97 Å². The Morgan fingerprint density at radius 2 is 2.05 bits per heavy atom. The van der Waals surface area contributed by atoms with Crippen molar-refractivity contribution in [1.82, 2.24) is 9.55 Å². The molecule has 3 rings (SSSR count).